The number of amides is 1. The second kappa shape index (κ2) is 6.38. The van der Waals surface area contributed by atoms with E-state index in [0.29, 0.717) is 0 Å². The first kappa shape index (κ1) is 12.8. The molecule has 0 fully saturated rings. The van der Waals surface area contributed by atoms with Crippen LogP contribution in [0.25, 0.3) is 0 Å². The Morgan fingerprint density at radius 1 is 1.41 bits per heavy atom. The van der Waals surface area contributed by atoms with Crippen molar-refractivity contribution in [1.82, 2.24) is 5.32 Å². The van der Waals surface area contributed by atoms with Gasteiger partial charge in [-0.1, -0.05) is 12.1 Å². The van der Waals surface area contributed by atoms with Crippen LogP contribution < -0.4 is 10.2 Å². The highest BCUT2D eigenvalue weighted by Crippen LogP contribution is 2.12. The van der Waals surface area contributed by atoms with Crippen molar-refractivity contribution in [3.63, 3.8) is 0 Å². The molecule has 1 aromatic rings. The van der Waals surface area contributed by atoms with Gasteiger partial charge < -0.3 is 15.0 Å². The van der Waals surface area contributed by atoms with Gasteiger partial charge in [-0.05, 0) is 17.7 Å². The Morgan fingerprint density at radius 3 is 2.59 bits per heavy atom. The van der Waals surface area contributed by atoms with E-state index in [0.717, 1.165) is 11.3 Å². The van der Waals surface area contributed by atoms with Gasteiger partial charge in [-0.15, -0.1) is 0 Å². The molecule has 0 aliphatic heterocycles. The molecule has 0 heterocycles. The molecule has 17 heavy (non-hydrogen) atoms. The maximum absolute atomic E-state index is 11.1. The number of alkyl carbamates (subject to hydrolysis) is 1. The number of hydrogen-bond acceptors (Lipinski definition) is 4. The Bertz CT molecular complexity index is 407. The molecule has 5 heteroatoms. The van der Waals surface area contributed by atoms with Crippen LogP contribution in [0.5, 0.6) is 0 Å². The van der Waals surface area contributed by atoms with Gasteiger partial charge in [-0.25, -0.2) is 4.79 Å². The summed E-state index contributed by atoms with van der Waals surface area (Å²) in [5, 5.41) is 10.6. The molecule has 0 aliphatic rings. The smallest absolute Gasteiger partial charge is 0.408 e. The fourth-order valence-electron chi connectivity index (χ4n) is 1.20. The lowest BCUT2D eigenvalue weighted by Crippen LogP contribution is -2.24. The van der Waals surface area contributed by atoms with Crippen LogP contribution in [0.3, 0.4) is 0 Å². The summed E-state index contributed by atoms with van der Waals surface area (Å²) in [6.45, 7) is 0.156. The minimum atomic E-state index is -0.580. The monoisotopic (exact) mass is 233 g/mol. The number of ether oxygens (including phenoxy) is 1. The average molecular weight is 233 g/mol. The molecule has 0 aromatic heterocycles. The van der Waals surface area contributed by atoms with Crippen molar-refractivity contribution in [2.45, 2.75) is 6.61 Å². The molecule has 0 bridgehead atoms. The van der Waals surface area contributed by atoms with Gasteiger partial charge in [0.1, 0.15) is 13.2 Å². The molecule has 0 atom stereocenters. The minimum Gasteiger partial charge on any atom is -0.445 e. The number of rotatable bonds is 4. The lowest BCUT2D eigenvalue weighted by molar-refractivity contribution is 0.141. The predicted octanol–water partition coefficient (Wildman–Crippen LogP) is 1.50. The van der Waals surface area contributed by atoms with Gasteiger partial charge >= 0.3 is 6.09 Å². The van der Waals surface area contributed by atoms with Crippen LogP contribution in [0, 0.1) is 11.3 Å². The van der Waals surface area contributed by atoms with Crippen LogP contribution in [-0.4, -0.2) is 26.7 Å². The lowest BCUT2D eigenvalue weighted by atomic mass is 10.2. The molecule has 5 nitrogen and oxygen atoms in total. The largest absolute Gasteiger partial charge is 0.445 e. The van der Waals surface area contributed by atoms with Gasteiger partial charge in [-0.2, -0.15) is 5.26 Å². The Balaban J connectivity index is 2.42. The predicted molar refractivity (Wildman–Crippen MR) is 64.6 cm³/mol. The lowest BCUT2D eigenvalue weighted by Gasteiger charge is -2.12. The summed E-state index contributed by atoms with van der Waals surface area (Å²) in [5.41, 5.74) is 1.99. The van der Waals surface area contributed by atoms with E-state index >= 15 is 0 Å². The van der Waals surface area contributed by atoms with Gasteiger partial charge in [0.15, 0.2) is 0 Å². The van der Waals surface area contributed by atoms with E-state index in [1.165, 1.54) is 0 Å². The summed E-state index contributed by atoms with van der Waals surface area (Å²) in [7, 11) is 3.92. The first-order valence-electron chi connectivity index (χ1n) is 5.17. The normalized spacial score (nSPS) is 9.24. The topological polar surface area (TPSA) is 65.4 Å². The number of hydrogen-bond donors (Lipinski definition) is 1. The first-order valence-corrected chi connectivity index (χ1v) is 5.17. The average Bonchev–Trinajstić information content (AvgIpc) is 2.34. The van der Waals surface area contributed by atoms with Gasteiger partial charge in [-0.3, -0.25) is 0 Å². The van der Waals surface area contributed by atoms with E-state index in [1.54, 1.807) is 6.07 Å². The van der Waals surface area contributed by atoms with Gasteiger partial charge in [0, 0.05) is 19.8 Å². The highest BCUT2D eigenvalue weighted by atomic mass is 16.5. The Kier molecular flexibility index (Phi) is 4.82. The Labute approximate surface area is 101 Å². The molecule has 1 amide bonds. The molecule has 0 spiro atoms. The van der Waals surface area contributed by atoms with E-state index < -0.39 is 6.09 Å². The summed E-state index contributed by atoms with van der Waals surface area (Å²) in [6, 6.07) is 9.49. The molecular weight excluding hydrogens is 218 g/mol. The Morgan fingerprint density at radius 2 is 2.06 bits per heavy atom. The number of carbonyl (C=O) groups excluding carboxylic acids is 1. The van der Waals surface area contributed by atoms with Crippen molar-refractivity contribution >= 4 is 11.8 Å². The van der Waals surface area contributed by atoms with Crippen LogP contribution in [0.4, 0.5) is 10.5 Å². The zero-order chi connectivity index (χ0) is 12.7. The van der Waals surface area contributed by atoms with Crippen LogP contribution in [-0.2, 0) is 11.3 Å². The van der Waals surface area contributed by atoms with Gasteiger partial charge in [0.05, 0.1) is 6.07 Å². The number of benzene rings is 1. The van der Waals surface area contributed by atoms with Crippen molar-refractivity contribution in [3.05, 3.63) is 29.8 Å². The fourth-order valence-corrected chi connectivity index (χ4v) is 1.20. The summed E-state index contributed by atoms with van der Waals surface area (Å²) < 4.78 is 4.92. The van der Waals surface area contributed by atoms with Crippen LogP contribution >= 0.6 is 0 Å². The van der Waals surface area contributed by atoms with E-state index in [1.807, 2.05) is 43.3 Å². The second-order valence-electron chi connectivity index (χ2n) is 3.65. The quantitative estimate of drug-likeness (QED) is 0.800. The maximum atomic E-state index is 11.1. The highest BCUT2D eigenvalue weighted by molar-refractivity contribution is 5.67. The second-order valence-corrected chi connectivity index (χ2v) is 3.65. The van der Waals surface area contributed by atoms with E-state index in [2.05, 4.69) is 5.32 Å². The summed E-state index contributed by atoms with van der Waals surface area (Å²) in [6.07, 6.45) is -0.580. The molecular formula is C12H15N3O2. The molecule has 1 rings (SSSR count). The third-order valence-electron chi connectivity index (χ3n) is 2.13. The van der Waals surface area contributed by atoms with Crippen LogP contribution in [0.15, 0.2) is 24.3 Å². The standard InChI is InChI=1S/C12H15N3O2/c1-15(2)11-5-3-10(4-6-11)9-17-12(16)14-8-7-13/h3-6H,8-9H2,1-2H3,(H,14,16). The van der Waals surface area contributed by atoms with Crippen LogP contribution in [0.1, 0.15) is 5.56 Å². The third-order valence-corrected chi connectivity index (χ3v) is 2.13. The van der Waals surface area contributed by atoms with Crippen molar-refractivity contribution in [3.8, 4) is 6.07 Å². The first-order chi connectivity index (χ1) is 8.13. The summed E-state index contributed by atoms with van der Waals surface area (Å²) in [5.74, 6) is 0. The van der Waals surface area contributed by atoms with E-state index in [9.17, 15) is 4.79 Å². The number of carbonyl (C=O) groups is 1. The van der Waals surface area contributed by atoms with E-state index in [4.69, 9.17) is 10.00 Å². The number of anilines is 1. The van der Waals surface area contributed by atoms with E-state index in [-0.39, 0.29) is 13.2 Å². The number of nitrogens with zero attached hydrogens (tertiary/aromatic N) is 2. The van der Waals surface area contributed by atoms with Gasteiger partial charge in [0.2, 0.25) is 0 Å². The fraction of sp³-hybridized carbons (Fsp3) is 0.333. The summed E-state index contributed by atoms with van der Waals surface area (Å²) in [4.78, 5) is 13.0. The highest BCUT2D eigenvalue weighted by Gasteiger charge is 2.01. The zero-order valence-electron chi connectivity index (χ0n) is 9.93. The number of nitrogens with one attached hydrogen (secondary N) is 1. The zero-order valence-corrected chi connectivity index (χ0v) is 9.93. The van der Waals surface area contributed by atoms with Crippen molar-refractivity contribution in [2.75, 3.05) is 25.5 Å². The molecule has 90 valence electrons. The molecule has 0 saturated heterocycles. The maximum Gasteiger partial charge on any atom is 0.408 e. The van der Waals surface area contributed by atoms with Crippen LogP contribution in [0.2, 0.25) is 0 Å². The molecule has 0 saturated carbocycles. The summed E-state index contributed by atoms with van der Waals surface area (Å²) >= 11 is 0. The molecule has 1 aromatic carbocycles. The van der Waals surface area contributed by atoms with Crippen molar-refractivity contribution in [2.24, 2.45) is 0 Å². The molecule has 0 radical (unpaired) electrons. The van der Waals surface area contributed by atoms with Crippen molar-refractivity contribution < 1.29 is 9.53 Å². The SMILES string of the molecule is CN(C)c1ccc(COC(=O)NCC#N)cc1. The molecule has 1 N–H and O–H groups in total. The third kappa shape index (κ3) is 4.43. The molecule has 0 aliphatic carbocycles. The number of nitriles is 1. The molecule has 0 unspecified atom stereocenters. The van der Waals surface area contributed by atoms with Gasteiger partial charge in [0.25, 0.3) is 0 Å². The Hall–Kier alpha value is -2.22. The minimum absolute atomic E-state index is 0.0433. The van der Waals surface area contributed by atoms with Crippen molar-refractivity contribution in [1.29, 1.82) is 5.26 Å².